The summed E-state index contributed by atoms with van der Waals surface area (Å²) in [6.45, 7) is 0.656. The van der Waals surface area contributed by atoms with Crippen molar-refractivity contribution in [2.45, 2.75) is 43.8 Å². The number of halogens is 3. The molecule has 5 nitrogen and oxygen atoms in total. The van der Waals surface area contributed by atoms with Crippen molar-refractivity contribution in [1.82, 2.24) is 20.4 Å². The van der Waals surface area contributed by atoms with E-state index in [0.717, 1.165) is 37.3 Å². The van der Waals surface area contributed by atoms with E-state index in [0.29, 0.717) is 18.7 Å². The predicted octanol–water partition coefficient (Wildman–Crippen LogP) is 3.75. The molecule has 1 aromatic carbocycles. The summed E-state index contributed by atoms with van der Waals surface area (Å²) in [5, 5.41) is 9.63. The van der Waals surface area contributed by atoms with Gasteiger partial charge in [0.15, 0.2) is 0 Å². The molecule has 0 aliphatic heterocycles. The first-order valence-corrected chi connectivity index (χ1v) is 8.95. The molecule has 0 bridgehead atoms. The van der Waals surface area contributed by atoms with Crippen LogP contribution in [0.5, 0.6) is 0 Å². The zero-order valence-electron chi connectivity index (χ0n) is 15.1. The summed E-state index contributed by atoms with van der Waals surface area (Å²) < 4.78 is 40.9. The topological polar surface area (TPSA) is 59.0 Å². The van der Waals surface area contributed by atoms with E-state index in [-0.39, 0.29) is 6.03 Å². The van der Waals surface area contributed by atoms with Crippen LogP contribution in [0.4, 0.5) is 18.0 Å². The zero-order valence-corrected chi connectivity index (χ0v) is 15.1. The second kappa shape index (κ2) is 7.62. The van der Waals surface area contributed by atoms with Crippen molar-refractivity contribution in [3.05, 3.63) is 53.3 Å². The predicted molar refractivity (Wildman–Crippen MR) is 95.0 cm³/mol. The minimum atomic E-state index is -4.37. The molecule has 0 saturated heterocycles. The first-order valence-electron chi connectivity index (χ1n) is 8.95. The van der Waals surface area contributed by atoms with Crippen LogP contribution in [0.25, 0.3) is 0 Å². The first kappa shape index (κ1) is 19.3. The number of aryl methyl sites for hydroxylation is 1. The number of aromatic nitrogens is 2. The Hall–Kier alpha value is -2.51. The summed E-state index contributed by atoms with van der Waals surface area (Å²) in [7, 11) is 1.79. The number of hydrogen-bond donors (Lipinski definition) is 2. The SMILES string of the molecule is Cn1cc(CNC(=O)NCC2(c3cccc(C(F)(F)F)c3)CCCC2)cn1. The first-order chi connectivity index (χ1) is 12.8. The summed E-state index contributed by atoms with van der Waals surface area (Å²) >= 11 is 0. The molecule has 0 radical (unpaired) electrons. The van der Waals surface area contributed by atoms with E-state index in [4.69, 9.17) is 0 Å². The lowest BCUT2D eigenvalue weighted by Gasteiger charge is -2.30. The van der Waals surface area contributed by atoms with Gasteiger partial charge in [-0.05, 0) is 24.5 Å². The maximum absolute atomic E-state index is 13.1. The highest BCUT2D eigenvalue weighted by atomic mass is 19.4. The summed E-state index contributed by atoms with van der Waals surface area (Å²) in [5.74, 6) is 0. The molecule has 1 aromatic heterocycles. The van der Waals surface area contributed by atoms with Gasteiger partial charge in [-0.3, -0.25) is 4.68 Å². The van der Waals surface area contributed by atoms with Crippen molar-refractivity contribution >= 4 is 6.03 Å². The lowest BCUT2D eigenvalue weighted by Crippen LogP contribution is -2.43. The van der Waals surface area contributed by atoms with Crippen LogP contribution in [0.3, 0.4) is 0 Å². The van der Waals surface area contributed by atoms with Gasteiger partial charge in [0.2, 0.25) is 0 Å². The molecule has 2 amide bonds. The fourth-order valence-electron chi connectivity index (χ4n) is 3.70. The third-order valence-electron chi connectivity index (χ3n) is 5.16. The Morgan fingerprint density at radius 3 is 2.63 bits per heavy atom. The number of nitrogens with one attached hydrogen (secondary N) is 2. The molecule has 1 fully saturated rings. The van der Waals surface area contributed by atoms with E-state index in [9.17, 15) is 18.0 Å². The number of carbonyl (C=O) groups is 1. The maximum atomic E-state index is 13.1. The quantitative estimate of drug-likeness (QED) is 0.830. The molecule has 0 atom stereocenters. The Kier molecular flexibility index (Phi) is 5.43. The van der Waals surface area contributed by atoms with Gasteiger partial charge in [-0.15, -0.1) is 0 Å². The number of rotatable bonds is 5. The number of urea groups is 1. The number of alkyl halides is 3. The third-order valence-corrected chi connectivity index (χ3v) is 5.16. The number of carbonyl (C=O) groups excluding carboxylic acids is 1. The average molecular weight is 380 g/mol. The standard InChI is InChI=1S/C19H23F3N4O/c1-26-12-14(11-25-26)10-23-17(27)24-13-18(7-2-3-8-18)15-5-4-6-16(9-15)19(20,21)22/h4-6,9,11-12H,2-3,7-8,10,13H2,1H3,(H2,23,24,27). The van der Waals surface area contributed by atoms with E-state index in [1.807, 2.05) is 0 Å². The minimum Gasteiger partial charge on any atom is -0.337 e. The molecule has 27 heavy (non-hydrogen) atoms. The normalized spacial score (nSPS) is 16.3. The van der Waals surface area contributed by atoms with Crippen LogP contribution in [0.15, 0.2) is 36.7 Å². The van der Waals surface area contributed by atoms with Gasteiger partial charge in [-0.1, -0.05) is 31.0 Å². The Bertz CT molecular complexity index is 794. The Morgan fingerprint density at radius 1 is 1.26 bits per heavy atom. The molecular formula is C19H23F3N4O. The lowest BCUT2D eigenvalue weighted by atomic mass is 9.78. The molecule has 0 unspecified atom stereocenters. The molecule has 2 aromatic rings. The van der Waals surface area contributed by atoms with E-state index >= 15 is 0 Å². The molecule has 1 aliphatic carbocycles. The van der Waals surface area contributed by atoms with Gasteiger partial charge >= 0.3 is 12.2 Å². The molecule has 3 rings (SSSR count). The lowest BCUT2D eigenvalue weighted by molar-refractivity contribution is -0.137. The number of benzene rings is 1. The molecule has 0 spiro atoms. The summed E-state index contributed by atoms with van der Waals surface area (Å²) in [4.78, 5) is 12.2. The van der Waals surface area contributed by atoms with Crippen LogP contribution >= 0.6 is 0 Å². The van der Waals surface area contributed by atoms with Gasteiger partial charge in [0.25, 0.3) is 0 Å². The molecule has 1 saturated carbocycles. The molecular weight excluding hydrogens is 357 g/mol. The minimum absolute atomic E-state index is 0.313. The van der Waals surface area contributed by atoms with Crippen molar-refractivity contribution in [3.63, 3.8) is 0 Å². The van der Waals surface area contributed by atoms with Crippen molar-refractivity contribution < 1.29 is 18.0 Å². The third kappa shape index (κ3) is 4.61. The number of amides is 2. The zero-order chi connectivity index (χ0) is 19.5. The van der Waals surface area contributed by atoms with Crippen LogP contribution in [0.2, 0.25) is 0 Å². The highest BCUT2D eigenvalue weighted by Crippen LogP contribution is 2.42. The van der Waals surface area contributed by atoms with Crippen LogP contribution < -0.4 is 10.6 Å². The van der Waals surface area contributed by atoms with Gasteiger partial charge in [-0.2, -0.15) is 18.3 Å². The van der Waals surface area contributed by atoms with Gasteiger partial charge < -0.3 is 10.6 Å². The van der Waals surface area contributed by atoms with Crippen LogP contribution in [-0.2, 0) is 25.2 Å². The smallest absolute Gasteiger partial charge is 0.337 e. The van der Waals surface area contributed by atoms with Crippen LogP contribution in [-0.4, -0.2) is 22.4 Å². The highest BCUT2D eigenvalue weighted by molar-refractivity contribution is 5.74. The van der Waals surface area contributed by atoms with E-state index in [1.165, 1.54) is 12.1 Å². The summed E-state index contributed by atoms with van der Waals surface area (Å²) in [6.07, 6.45) is 2.51. The summed E-state index contributed by atoms with van der Waals surface area (Å²) in [5.41, 5.74) is 0.420. The molecule has 8 heteroatoms. The van der Waals surface area contributed by atoms with Crippen molar-refractivity contribution in [2.24, 2.45) is 7.05 Å². The second-order valence-corrected chi connectivity index (χ2v) is 7.12. The van der Waals surface area contributed by atoms with Crippen LogP contribution in [0, 0.1) is 0 Å². The van der Waals surface area contributed by atoms with Crippen molar-refractivity contribution in [1.29, 1.82) is 0 Å². The fraction of sp³-hybridized carbons (Fsp3) is 0.474. The Morgan fingerprint density at radius 2 is 2.00 bits per heavy atom. The molecule has 2 N–H and O–H groups in total. The van der Waals surface area contributed by atoms with Gasteiger partial charge in [-0.25, -0.2) is 4.79 Å². The monoisotopic (exact) mass is 380 g/mol. The van der Waals surface area contributed by atoms with E-state index < -0.39 is 17.2 Å². The number of hydrogen-bond acceptors (Lipinski definition) is 2. The second-order valence-electron chi connectivity index (χ2n) is 7.12. The Labute approximate surface area is 155 Å². The molecule has 146 valence electrons. The van der Waals surface area contributed by atoms with Gasteiger partial charge in [0.1, 0.15) is 0 Å². The number of nitrogens with zero attached hydrogens (tertiary/aromatic N) is 2. The van der Waals surface area contributed by atoms with Crippen LogP contribution in [0.1, 0.15) is 42.4 Å². The average Bonchev–Trinajstić information content (AvgIpc) is 3.27. The van der Waals surface area contributed by atoms with E-state index in [1.54, 1.807) is 30.2 Å². The molecule has 1 aliphatic rings. The maximum Gasteiger partial charge on any atom is 0.416 e. The fourth-order valence-corrected chi connectivity index (χ4v) is 3.70. The molecule has 1 heterocycles. The van der Waals surface area contributed by atoms with Gasteiger partial charge in [0.05, 0.1) is 11.8 Å². The highest BCUT2D eigenvalue weighted by Gasteiger charge is 2.38. The van der Waals surface area contributed by atoms with Gasteiger partial charge in [0, 0.05) is 37.3 Å². The Balaban J connectivity index is 1.66. The summed E-state index contributed by atoms with van der Waals surface area (Å²) in [6, 6.07) is 5.15. The van der Waals surface area contributed by atoms with Crippen molar-refractivity contribution in [2.75, 3.05) is 6.54 Å². The largest absolute Gasteiger partial charge is 0.416 e. The van der Waals surface area contributed by atoms with E-state index in [2.05, 4.69) is 15.7 Å². The van der Waals surface area contributed by atoms with Crippen molar-refractivity contribution in [3.8, 4) is 0 Å².